The maximum absolute atomic E-state index is 12.0. The minimum atomic E-state index is 0.0845. The van der Waals surface area contributed by atoms with Gasteiger partial charge in [-0.05, 0) is 31.7 Å². The van der Waals surface area contributed by atoms with Crippen LogP contribution < -0.4 is 0 Å². The number of nitrogens with zero attached hydrogens (tertiary/aromatic N) is 3. The minimum absolute atomic E-state index is 0.0845. The fourth-order valence-corrected chi connectivity index (χ4v) is 1.73. The van der Waals surface area contributed by atoms with E-state index in [1.54, 1.807) is 21.8 Å². The number of aryl methyl sites for hydroxylation is 1. The highest BCUT2D eigenvalue weighted by atomic mass is 16.2. The van der Waals surface area contributed by atoms with Gasteiger partial charge in [-0.25, -0.2) is 0 Å². The van der Waals surface area contributed by atoms with E-state index in [4.69, 9.17) is 0 Å². The third-order valence-corrected chi connectivity index (χ3v) is 2.81. The topological polar surface area (TPSA) is 38.1 Å². The van der Waals surface area contributed by atoms with Crippen molar-refractivity contribution in [2.24, 2.45) is 5.92 Å². The summed E-state index contributed by atoms with van der Waals surface area (Å²) in [7, 11) is 1.87. The molecule has 2 rings (SSSR count). The summed E-state index contributed by atoms with van der Waals surface area (Å²) in [6.07, 6.45) is 4.22. The predicted octanol–water partition coefficient (Wildman–Crippen LogP) is 1.39. The van der Waals surface area contributed by atoms with Crippen molar-refractivity contribution in [2.45, 2.75) is 26.3 Å². The molecule has 1 aliphatic rings. The molecule has 0 aromatic carbocycles. The maximum atomic E-state index is 12.0. The summed E-state index contributed by atoms with van der Waals surface area (Å²) in [5, 5.41) is 4.10. The Balaban J connectivity index is 2.05. The molecule has 1 heterocycles. The SMILES string of the molecule is CCn1nccc1C(=O)N(C)CC1CC1. The van der Waals surface area contributed by atoms with Crippen LogP contribution in [-0.4, -0.2) is 34.2 Å². The lowest BCUT2D eigenvalue weighted by molar-refractivity contribution is 0.0776. The quantitative estimate of drug-likeness (QED) is 0.748. The molecule has 0 N–H and O–H groups in total. The Hall–Kier alpha value is -1.32. The number of rotatable bonds is 4. The van der Waals surface area contributed by atoms with Crippen LogP contribution in [0.3, 0.4) is 0 Å². The maximum Gasteiger partial charge on any atom is 0.271 e. The van der Waals surface area contributed by atoms with Crippen molar-refractivity contribution in [3.63, 3.8) is 0 Å². The van der Waals surface area contributed by atoms with Gasteiger partial charge in [0.2, 0.25) is 0 Å². The third kappa shape index (κ3) is 2.19. The van der Waals surface area contributed by atoms with Crippen molar-refractivity contribution < 1.29 is 4.79 Å². The molecule has 1 amide bonds. The Morgan fingerprint density at radius 1 is 1.67 bits per heavy atom. The second-order valence-corrected chi connectivity index (χ2v) is 4.16. The number of hydrogen-bond acceptors (Lipinski definition) is 2. The van der Waals surface area contributed by atoms with Gasteiger partial charge in [-0.2, -0.15) is 5.10 Å². The lowest BCUT2D eigenvalue weighted by Crippen LogP contribution is -2.30. The molecule has 1 fully saturated rings. The molecule has 1 aromatic heterocycles. The molecule has 0 saturated heterocycles. The Bertz CT molecular complexity index is 354. The van der Waals surface area contributed by atoms with Crippen LogP contribution >= 0.6 is 0 Å². The van der Waals surface area contributed by atoms with Crippen molar-refractivity contribution in [1.82, 2.24) is 14.7 Å². The van der Waals surface area contributed by atoms with E-state index >= 15 is 0 Å². The molecule has 0 unspecified atom stereocenters. The zero-order chi connectivity index (χ0) is 10.8. The average molecular weight is 207 g/mol. The van der Waals surface area contributed by atoms with Gasteiger partial charge in [-0.1, -0.05) is 0 Å². The highest BCUT2D eigenvalue weighted by Gasteiger charge is 2.26. The molecule has 0 radical (unpaired) electrons. The zero-order valence-electron chi connectivity index (χ0n) is 9.31. The van der Waals surface area contributed by atoms with Gasteiger partial charge in [0.15, 0.2) is 0 Å². The van der Waals surface area contributed by atoms with Crippen LogP contribution in [0.1, 0.15) is 30.3 Å². The first-order valence-corrected chi connectivity index (χ1v) is 5.49. The molecule has 0 bridgehead atoms. The van der Waals surface area contributed by atoms with Gasteiger partial charge in [0.1, 0.15) is 5.69 Å². The number of hydrogen-bond donors (Lipinski definition) is 0. The highest BCUT2D eigenvalue weighted by molar-refractivity contribution is 5.92. The predicted molar refractivity (Wildman–Crippen MR) is 57.6 cm³/mol. The molecular weight excluding hydrogens is 190 g/mol. The van der Waals surface area contributed by atoms with Gasteiger partial charge >= 0.3 is 0 Å². The van der Waals surface area contributed by atoms with Gasteiger partial charge in [0.25, 0.3) is 5.91 Å². The summed E-state index contributed by atoms with van der Waals surface area (Å²) in [6.45, 7) is 3.61. The standard InChI is InChI=1S/C11H17N3O/c1-3-14-10(6-7-12-14)11(15)13(2)8-9-4-5-9/h6-7,9H,3-5,8H2,1-2H3. The number of carbonyl (C=O) groups is 1. The Labute approximate surface area is 89.9 Å². The van der Waals surface area contributed by atoms with Crippen molar-refractivity contribution >= 4 is 5.91 Å². The summed E-state index contributed by atoms with van der Waals surface area (Å²) in [5.41, 5.74) is 0.695. The lowest BCUT2D eigenvalue weighted by Gasteiger charge is -2.16. The molecule has 1 saturated carbocycles. The van der Waals surface area contributed by atoms with Gasteiger partial charge in [-0.3, -0.25) is 9.48 Å². The van der Waals surface area contributed by atoms with Crippen LogP contribution in [0, 0.1) is 5.92 Å². The summed E-state index contributed by atoms with van der Waals surface area (Å²) in [6, 6.07) is 1.79. The van der Waals surface area contributed by atoms with Crippen molar-refractivity contribution in [1.29, 1.82) is 0 Å². The molecule has 1 aromatic rings. The van der Waals surface area contributed by atoms with Crippen LogP contribution in [-0.2, 0) is 6.54 Å². The van der Waals surface area contributed by atoms with Gasteiger partial charge in [-0.15, -0.1) is 0 Å². The highest BCUT2D eigenvalue weighted by Crippen LogP contribution is 2.29. The fourth-order valence-electron chi connectivity index (χ4n) is 1.73. The third-order valence-electron chi connectivity index (χ3n) is 2.81. The summed E-state index contributed by atoms with van der Waals surface area (Å²) in [5.74, 6) is 0.818. The van der Waals surface area contributed by atoms with Crippen molar-refractivity contribution in [3.05, 3.63) is 18.0 Å². The largest absolute Gasteiger partial charge is 0.340 e. The van der Waals surface area contributed by atoms with Crippen molar-refractivity contribution in [2.75, 3.05) is 13.6 Å². The zero-order valence-corrected chi connectivity index (χ0v) is 9.31. The second kappa shape index (κ2) is 4.04. The number of amides is 1. The second-order valence-electron chi connectivity index (χ2n) is 4.16. The molecule has 15 heavy (non-hydrogen) atoms. The number of aromatic nitrogens is 2. The molecule has 0 aliphatic heterocycles. The minimum Gasteiger partial charge on any atom is -0.340 e. The molecule has 0 atom stereocenters. The Kier molecular flexibility index (Phi) is 2.75. The van der Waals surface area contributed by atoms with Crippen LogP contribution in [0.4, 0.5) is 0 Å². The summed E-state index contributed by atoms with van der Waals surface area (Å²) >= 11 is 0. The van der Waals surface area contributed by atoms with Crippen LogP contribution in [0.5, 0.6) is 0 Å². The fraction of sp³-hybridized carbons (Fsp3) is 0.636. The molecule has 82 valence electrons. The van der Waals surface area contributed by atoms with E-state index < -0.39 is 0 Å². The van der Waals surface area contributed by atoms with Crippen LogP contribution in [0.2, 0.25) is 0 Å². The first-order valence-electron chi connectivity index (χ1n) is 5.49. The first-order chi connectivity index (χ1) is 7.22. The van der Waals surface area contributed by atoms with Gasteiger partial charge in [0, 0.05) is 26.3 Å². The number of carbonyl (C=O) groups excluding carboxylic acids is 1. The first kappa shape index (κ1) is 10.2. The van der Waals surface area contributed by atoms with E-state index in [2.05, 4.69) is 5.10 Å². The van der Waals surface area contributed by atoms with E-state index in [0.717, 1.165) is 19.0 Å². The van der Waals surface area contributed by atoms with E-state index in [-0.39, 0.29) is 5.91 Å². The van der Waals surface area contributed by atoms with Gasteiger partial charge < -0.3 is 4.90 Å². The normalized spacial score (nSPS) is 15.3. The molecule has 4 nitrogen and oxygen atoms in total. The van der Waals surface area contributed by atoms with Crippen LogP contribution in [0.25, 0.3) is 0 Å². The Morgan fingerprint density at radius 3 is 3.00 bits per heavy atom. The molecule has 0 spiro atoms. The summed E-state index contributed by atoms with van der Waals surface area (Å²) < 4.78 is 1.74. The lowest BCUT2D eigenvalue weighted by atomic mass is 10.3. The molecular formula is C11H17N3O. The van der Waals surface area contributed by atoms with E-state index in [1.807, 2.05) is 14.0 Å². The summed E-state index contributed by atoms with van der Waals surface area (Å²) in [4.78, 5) is 13.8. The monoisotopic (exact) mass is 207 g/mol. The van der Waals surface area contributed by atoms with E-state index in [0.29, 0.717) is 5.69 Å². The average Bonchev–Trinajstić information content (AvgIpc) is 2.92. The molecule has 4 heteroatoms. The van der Waals surface area contributed by atoms with Gasteiger partial charge in [0.05, 0.1) is 0 Å². The van der Waals surface area contributed by atoms with E-state index in [9.17, 15) is 4.79 Å². The molecule has 1 aliphatic carbocycles. The van der Waals surface area contributed by atoms with E-state index in [1.165, 1.54) is 12.8 Å². The van der Waals surface area contributed by atoms with Crippen molar-refractivity contribution in [3.8, 4) is 0 Å². The van der Waals surface area contributed by atoms with Crippen LogP contribution in [0.15, 0.2) is 12.3 Å². The Morgan fingerprint density at radius 2 is 2.40 bits per heavy atom. The smallest absolute Gasteiger partial charge is 0.271 e.